The lowest BCUT2D eigenvalue weighted by atomic mass is 10.0. The number of hydrogen-bond acceptors (Lipinski definition) is 1. The van der Waals surface area contributed by atoms with Gasteiger partial charge in [0.1, 0.15) is 0 Å². The van der Waals surface area contributed by atoms with E-state index < -0.39 is 0 Å². The van der Waals surface area contributed by atoms with Crippen molar-refractivity contribution in [1.82, 2.24) is 0 Å². The van der Waals surface area contributed by atoms with Gasteiger partial charge in [-0.15, -0.1) is 0 Å². The molecular formula is C10H16O. The molecule has 1 nitrogen and oxygen atoms in total. The van der Waals surface area contributed by atoms with Crippen LogP contribution < -0.4 is 0 Å². The summed E-state index contributed by atoms with van der Waals surface area (Å²) in [6, 6.07) is 2.04. The van der Waals surface area contributed by atoms with Crippen molar-refractivity contribution in [1.29, 1.82) is 0 Å². The van der Waals surface area contributed by atoms with Crippen molar-refractivity contribution >= 4 is 0 Å². The lowest BCUT2D eigenvalue weighted by Crippen LogP contribution is -1.89. The van der Waals surface area contributed by atoms with E-state index in [4.69, 9.17) is 4.42 Å². The second-order valence-corrected chi connectivity index (χ2v) is 3.42. The number of rotatable bonds is 4. The van der Waals surface area contributed by atoms with Crippen molar-refractivity contribution in [3.05, 3.63) is 24.2 Å². The summed E-state index contributed by atoms with van der Waals surface area (Å²) < 4.78 is 4.97. The van der Waals surface area contributed by atoms with E-state index in [1.54, 1.807) is 6.26 Å². The van der Waals surface area contributed by atoms with Gasteiger partial charge in [0, 0.05) is 0 Å². The highest BCUT2D eigenvalue weighted by atomic mass is 16.3. The van der Waals surface area contributed by atoms with Gasteiger partial charge in [0.2, 0.25) is 0 Å². The highest BCUT2D eigenvalue weighted by Gasteiger charge is 1.96. The van der Waals surface area contributed by atoms with Crippen LogP contribution in [0.1, 0.15) is 32.3 Å². The Morgan fingerprint density at radius 2 is 2.27 bits per heavy atom. The van der Waals surface area contributed by atoms with Crippen LogP contribution in [0.2, 0.25) is 0 Å². The normalized spacial score (nSPS) is 10.8. The highest BCUT2D eigenvalue weighted by molar-refractivity contribution is 5.04. The van der Waals surface area contributed by atoms with Crippen LogP contribution in [0.15, 0.2) is 23.0 Å². The Kier molecular flexibility index (Phi) is 3.21. The largest absolute Gasteiger partial charge is 0.472 e. The van der Waals surface area contributed by atoms with Gasteiger partial charge in [-0.2, -0.15) is 0 Å². The predicted octanol–water partition coefficient (Wildman–Crippen LogP) is 3.26. The van der Waals surface area contributed by atoms with Crippen LogP contribution in [0, 0.1) is 5.92 Å². The zero-order valence-corrected chi connectivity index (χ0v) is 7.34. The molecule has 0 aliphatic rings. The molecule has 0 saturated carbocycles. The Morgan fingerprint density at radius 1 is 1.45 bits per heavy atom. The van der Waals surface area contributed by atoms with Crippen LogP contribution in [-0.2, 0) is 6.42 Å². The second-order valence-electron chi connectivity index (χ2n) is 3.42. The van der Waals surface area contributed by atoms with E-state index in [9.17, 15) is 0 Å². The maximum Gasteiger partial charge on any atom is 0.0934 e. The summed E-state index contributed by atoms with van der Waals surface area (Å²) in [5.74, 6) is 0.821. The Labute approximate surface area is 68.4 Å². The Balaban J connectivity index is 2.14. The zero-order chi connectivity index (χ0) is 8.10. The molecule has 0 N–H and O–H groups in total. The predicted molar refractivity (Wildman–Crippen MR) is 46.5 cm³/mol. The molecule has 0 atom stereocenters. The van der Waals surface area contributed by atoms with Crippen LogP contribution in [0.5, 0.6) is 0 Å². The van der Waals surface area contributed by atoms with E-state index in [2.05, 4.69) is 13.8 Å². The van der Waals surface area contributed by atoms with E-state index >= 15 is 0 Å². The monoisotopic (exact) mass is 152 g/mol. The van der Waals surface area contributed by atoms with Gasteiger partial charge in [-0.1, -0.05) is 20.3 Å². The van der Waals surface area contributed by atoms with Crippen LogP contribution in [0.3, 0.4) is 0 Å². The molecule has 0 unspecified atom stereocenters. The number of furan rings is 1. The molecule has 1 rings (SSSR count). The molecule has 0 aromatic carbocycles. The Bertz CT molecular complexity index is 175. The smallest absolute Gasteiger partial charge is 0.0934 e. The fourth-order valence-corrected chi connectivity index (χ4v) is 1.15. The molecule has 1 heteroatoms. The van der Waals surface area contributed by atoms with Gasteiger partial charge in [-0.3, -0.25) is 0 Å². The van der Waals surface area contributed by atoms with E-state index in [0.717, 1.165) is 12.3 Å². The molecule has 11 heavy (non-hydrogen) atoms. The summed E-state index contributed by atoms with van der Waals surface area (Å²) in [6.45, 7) is 4.52. The molecule has 0 bridgehead atoms. The van der Waals surface area contributed by atoms with E-state index in [1.807, 2.05) is 12.3 Å². The molecule has 0 aliphatic carbocycles. The lowest BCUT2D eigenvalue weighted by Gasteiger charge is -2.01. The minimum Gasteiger partial charge on any atom is -0.472 e. The van der Waals surface area contributed by atoms with E-state index in [0.29, 0.717) is 0 Å². The van der Waals surface area contributed by atoms with Crippen molar-refractivity contribution in [2.75, 3.05) is 0 Å². The fourth-order valence-electron chi connectivity index (χ4n) is 1.15. The van der Waals surface area contributed by atoms with Gasteiger partial charge in [0.15, 0.2) is 0 Å². The Morgan fingerprint density at radius 3 is 2.82 bits per heavy atom. The molecule has 62 valence electrons. The first-order valence-corrected chi connectivity index (χ1v) is 4.30. The first-order valence-electron chi connectivity index (χ1n) is 4.30. The third-order valence-corrected chi connectivity index (χ3v) is 1.83. The van der Waals surface area contributed by atoms with Gasteiger partial charge < -0.3 is 4.42 Å². The van der Waals surface area contributed by atoms with Gasteiger partial charge in [-0.05, 0) is 30.4 Å². The summed E-state index contributed by atoms with van der Waals surface area (Å²) in [7, 11) is 0. The maximum absolute atomic E-state index is 4.97. The number of aryl methyl sites for hydroxylation is 1. The van der Waals surface area contributed by atoms with Crippen LogP contribution in [-0.4, -0.2) is 0 Å². The summed E-state index contributed by atoms with van der Waals surface area (Å²) in [6.07, 6.45) is 7.32. The van der Waals surface area contributed by atoms with Crippen LogP contribution in [0.25, 0.3) is 0 Å². The first kappa shape index (κ1) is 8.38. The van der Waals surface area contributed by atoms with Crippen molar-refractivity contribution < 1.29 is 4.42 Å². The van der Waals surface area contributed by atoms with Crippen LogP contribution in [0.4, 0.5) is 0 Å². The Hall–Kier alpha value is -0.720. The molecule has 0 amide bonds. The SMILES string of the molecule is CC(C)CCCc1ccoc1. The topological polar surface area (TPSA) is 13.1 Å². The highest BCUT2D eigenvalue weighted by Crippen LogP contribution is 2.09. The van der Waals surface area contributed by atoms with Gasteiger partial charge >= 0.3 is 0 Å². The molecule has 1 aromatic heterocycles. The first-order chi connectivity index (χ1) is 5.29. The van der Waals surface area contributed by atoms with Gasteiger partial charge in [-0.25, -0.2) is 0 Å². The average molecular weight is 152 g/mol. The van der Waals surface area contributed by atoms with E-state index in [-0.39, 0.29) is 0 Å². The fraction of sp³-hybridized carbons (Fsp3) is 0.600. The minimum absolute atomic E-state index is 0.821. The zero-order valence-electron chi connectivity index (χ0n) is 7.34. The summed E-state index contributed by atoms with van der Waals surface area (Å²) >= 11 is 0. The maximum atomic E-state index is 4.97. The molecular weight excluding hydrogens is 136 g/mol. The quantitative estimate of drug-likeness (QED) is 0.645. The van der Waals surface area contributed by atoms with Crippen molar-refractivity contribution in [3.8, 4) is 0 Å². The van der Waals surface area contributed by atoms with Gasteiger partial charge in [0.05, 0.1) is 12.5 Å². The summed E-state index contributed by atoms with van der Waals surface area (Å²) in [5.41, 5.74) is 1.32. The minimum atomic E-state index is 0.821. The third-order valence-electron chi connectivity index (χ3n) is 1.83. The molecule has 1 heterocycles. The average Bonchev–Trinajstić information content (AvgIpc) is 2.39. The molecule has 1 aromatic rings. The third kappa shape index (κ3) is 3.26. The molecule has 0 spiro atoms. The molecule has 0 aliphatic heterocycles. The van der Waals surface area contributed by atoms with Crippen molar-refractivity contribution in [2.45, 2.75) is 33.1 Å². The van der Waals surface area contributed by atoms with E-state index in [1.165, 1.54) is 18.4 Å². The van der Waals surface area contributed by atoms with Crippen molar-refractivity contribution in [3.63, 3.8) is 0 Å². The molecule has 0 radical (unpaired) electrons. The molecule has 0 saturated heterocycles. The van der Waals surface area contributed by atoms with Crippen molar-refractivity contribution in [2.24, 2.45) is 5.92 Å². The lowest BCUT2D eigenvalue weighted by molar-refractivity contribution is 0.545. The summed E-state index contributed by atoms with van der Waals surface area (Å²) in [5, 5.41) is 0. The summed E-state index contributed by atoms with van der Waals surface area (Å²) in [4.78, 5) is 0. The second kappa shape index (κ2) is 4.22. The number of hydrogen-bond donors (Lipinski definition) is 0. The van der Waals surface area contributed by atoms with Gasteiger partial charge in [0.25, 0.3) is 0 Å². The molecule has 0 fully saturated rings. The van der Waals surface area contributed by atoms with Crippen LogP contribution >= 0.6 is 0 Å². The standard InChI is InChI=1S/C10H16O/c1-9(2)4-3-5-10-6-7-11-8-10/h6-9H,3-5H2,1-2H3.